The van der Waals surface area contributed by atoms with E-state index in [-0.39, 0.29) is 28.3 Å². The van der Waals surface area contributed by atoms with Gasteiger partial charge in [0.05, 0.1) is 26.2 Å². The number of allylic oxidation sites excluding steroid dienone is 1. The first-order chi connectivity index (χ1) is 25.6. The summed E-state index contributed by atoms with van der Waals surface area (Å²) in [6.45, 7) is 41.9. The predicted molar refractivity (Wildman–Crippen MR) is 215 cm³/mol. The summed E-state index contributed by atoms with van der Waals surface area (Å²) in [6, 6.07) is 0. The summed E-state index contributed by atoms with van der Waals surface area (Å²) in [7, 11) is 0. The van der Waals surface area contributed by atoms with Crippen molar-refractivity contribution in [3.63, 3.8) is 0 Å². The molecule has 302 valence electrons. The largest absolute Gasteiger partial charge is 0.492 e. The second-order valence-electron chi connectivity index (χ2n) is 22.9. The average molecular weight is 748 g/mol. The van der Waals surface area contributed by atoms with E-state index < -0.39 is 0 Å². The van der Waals surface area contributed by atoms with E-state index in [0.717, 1.165) is 61.3 Å². The number of hydrogen-bond acceptors (Lipinski definition) is 4. The molecule has 0 aromatic rings. The second kappa shape index (κ2) is 13.0. The smallest absolute Gasteiger partial charge is 0.362 e. The summed E-state index contributed by atoms with van der Waals surface area (Å²) < 4.78 is 15.7. The first-order valence-electron chi connectivity index (χ1n) is 23.0. The predicted octanol–water partition coefficient (Wildman–Crippen LogP) is 5.96. The van der Waals surface area contributed by atoms with Crippen molar-refractivity contribution in [2.45, 2.75) is 112 Å². The lowest BCUT2D eigenvalue weighted by atomic mass is 9.32. The van der Waals surface area contributed by atoms with Crippen LogP contribution in [0.15, 0.2) is 24.5 Å². The lowest BCUT2D eigenvalue weighted by Gasteiger charge is -2.73. The molecule has 11 aliphatic rings. The molecule has 5 aliphatic carbocycles. The number of nitrogens with one attached hydrogen (secondary N) is 1. The molecule has 11 rings (SSSR count). The van der Waals surface area contributed by atoms with Crippen LogP contribution >= 0.6 is 0 Å². The summed E-state index contributed by atoms with van der Waals surface area (Å²) in [6.07, 6.45) is 12.8. The van der Waals surface area contributed by atoms with Crippen molar-refractivity contribution in [2.24, 2.45) is 56.7 Å². The molecule has 0 amide bonds. The highest BCUT2D eigenvalue weighted by Gasteiger charge is 2.71. The topological polar surface area (TPSA) is 43.2 Å². The number of carbonyl (C=O) groups excluding carboxylic acids is 1. The van der Waals surface area contributed by atoms with Crippen LogP contribution < -0.4 is 4.90 Å². The van der Waals surface area contributed by atoms with E-state index in [0.29, 0.717) is 35.1 Å². The Morgan fingerprint density at radius 3 is 2.07 bits per heavy atom. The van der Waals surface area contributed by atoms with E-state index in [1.165, 1.54) is 127 Å². The Bertz CT molecular complexity index is 1480. The fourth-order valence-corrected chi connectivity index (χ4v) is 17.0. The summed E-state index contributed by atoms with van der Waals surface area (Å²) >= 11 is 0. The van der Waals surface area contributed by atoms with Crippen molar-refractivity contribution in [1.82, 2.24) is 4.90 Å². The number of quaternary nitrogens is 3. The summed E-state index contributed by atoms with van der Waals surface area (Å²) in [5.41, 5.74) is 2.59. The quantitative estimate of drug-likeness (QED) is 0.137. The molecular weight excluding hydrogens is 669 g/mol. The lowest BCUT2D eigenvalue weighted by Crippen LogP contribution is -3.19. The molecule has 11 fully saturated rings. The van der Waals surface area contributed by atoms with Gasteiger partial charge >= 0.3 is 5.97 Å². The summed E-state index contributed by atoms with van der Waals surface area (Å²) in [5, 5.41) is 0. The number of piperazine rings is 6. The zero-order valence-electron chi connectivity index (χ0n) is 35.6. The van der Waals surface area contributed by atoms with Gasteiger partial charge in [-0.3, -0.25) is 4.90 Å². The van der Waals surface area contributed by atoms with Gasteiger partial charge in [0.2, 0.25) is 0 Å². The van der Waals surface area contributed by atoms with Crippen LogP contribution in [0.3, 0.4) is 0 Å². The van der Waals surface area contributed by atoms with Crippen molar-refractivity contribution in [3.05, 3.63) is 24.5 Å². The second-order valence-corrected chi connectivity index (χ2v) is 22.9. The fourth-order valence-electron chi connectivity index (χ4n) is 17.0. The first kappa shape index (κ1) is 38.1. The van der Waals surface area contributed by atoms with Gasteiger partial charge in [-0.15, -0.1) is 0 Å². The third-order valence-electron chi connectivity index (χ3n) is 20.5. The zero-order valence-corrected chi connectivity index (χ0v) is 35.6. The van der Waals surface area contributed by atoms with Crippen molar-refractivity contribution >= 4 is 5.97 Å². The number of nitrogens with zero attached hydrogens (tertiary/aromatic N) is 3. The normalized spacial score (nSPS) is 51.3. The standard InChI is InChI=1S/C47H78N4O3/c1-34(2)36-11-16-47(33-53-35(3)31-50-25-19-48(20-26-50)21-27-50)18-17-45(7)37(42(36)47)9-10-39-44(6)14-13-40(43(4,5)38(44)12-15-46(39,45)8)54-41(52)32-51-28-22-49(23-29-51)24-30-51/h36-40,42H,1,3,9-33H2,2,4-8H3/q+2/p+1/t36-,37?,38?,39?,40-,42?,44-,45+,46+,47+/m0/s1. The minimum Gasteiger partial charge on any atom is -0.492 e. The summed E-state index contributed by atoms with van der Waals surface area (Å²) in [4.78, 5) is 18.1. The van der Waals surface area contributed by atoms with Crippen LogP contribution in [-0.2, 0) is 14.3 Å². The Morgan fingerprint density at radius 1 is 0.741 bits per heavy atom. The Kier molecular flexibility index (Phi) is 9.21. The van der Waals surface area contributed by atoms with E-state index in [1.54, 1.807) is 4.90 Å². The molecule has 6 heterocycles. The van der Waals surface area contributed by atoms with Crippen molar-refractivity contribution < 1.29 is 28.1 Å². The highest BCUT2D eigenvalue weighted by Crippen LogP contribution is 2.77. The van der Waals surface area contributed by atoms with Crippen LogP contribution in [0, 0.1) is 56.7 Å². The van der Waals surface area contributed by atoms with Gasteiger partial charge in [-0.2, -0.15) is 0 Å². The maximum Gasteiger partial charge on any atom is 0.362 e. The van der Waals surface area contributed by atoms with Crippen molar-refractivity contribution in [3.8, 4) is 0 Å². The molecule has 1 N–H and O–H groups in total. The van der Waals surface area contributed by atoms with Gasteiger partial charge in [0, 0.05) is 30.5 Å². The number of ether oxygens (including phenoxy) is 2. The highest BCUT2D eigenvalue weighted by molar-refractivity contribution is 5.71. The third kappa shape index (κ3) is 5.71. The van der Waals surface area contributed by atoms with Gasteiger partial charge in [-0.25, -0.2) is 4.79 Å². The molecule has 4 bridgehead atoms. The maximum absolute atomic E-state index is 13.7. The molecule has 4 unspecified atom stereocenters. The van der Waals surface area contributed by atoms with Crippen LogP contribution in [0.2, 0.25) is 0 Å². The molecule has 7 heteroatoms. The minimum absolute atomic E-state index is 0.00262. The SMILES string of the molecule is C=C(C[N+]12CCN(CC1)CC2)OC[C@]12CC[C@@H](C(=C)C)C1C1CCC3[C@@]4(C)CC[C@H](OC(=O)C[N+]56CC[NH+](CC5)CC6)C(C)(C)C4CC[C@@]3(C)[C@]1(C)CC2. The van der Waals surface area contributed by atoms with Gasteiger partial charge in [-0.05, 0) is 117 Å². The monoisotopic (exact) mass is 748 g/mol. The van der Waals surface area contributed by atoms with Crippen LogP contribution in [0.5, 0.6) is 0 Å². The molecule has 5 saturated carbocycles. The van der Waals surface area contributed by atoms with Gasteiger partial charge in [0.1, 0.15) is 57.7 Å². The lowest BCUT2D eigenvalue weighted by molar-refractivity contribution is -1.07. The van der Waals surface area contributed by atoms with E-state index in [2.05, 4.69) is 59.6 Å². The number of rotatable bonds is 9. The third-order valence-corrected chi connectivity index (χ3v) is 20.5. The Balaban J connectivity index is 0.911. The molecule has 7 nitrogen and oxygen atoms in total. The average Bonchev–Trinajstić information content (AvgIpc) is 3.54. The van der Waals surface area contributed by atoms with Crippen LogP contribution in [0.1, 0.15) is 106 Å². The molecule has 6 saturated heterocycles. The molecule has 0 aromatic carbocycles. The zero-order chi connectivity index (χ0) is 37.9. The van der Waals surface area contributed by atoms with E-state index >= 15 is 0 Å². The Hall–Kier alpha value is -1.41. The molecule has 0 aromatic heterocycles. The Morgan fingerprint density at radius 2 is 1.41 bits per heavy atom. The number of hydrogen-bond donors (Lipinski definition) is 1. The molecule has 10 atom stereocenters. The summed E-state index contributed by atoms with van der Waals surface area (Å²) in [5.74, 6) is 4.44. The Labute approximate surface area is 329 Å². The van der Waals surface area contributed by atoms with Gasteiger partial charge in [0.25, 0.3) is 0 Å². The van der Waals surface area contributed by atoms with Crippen molar-refractivity contribution in [2.75, 3.05) is 98.2 Å². The minimum atomic E-state index is -0.00262. The van der Waals surface area contributed by atoms with Crippen LogP contribution in [0.25, 0.3) is 0 Å². The van der Waals surface area contributed by atoms with Gasteiger partial charge in [-0.1, -0.05) is 53.3 Å². The number of fused-ring (bicyclic) bond motifs is 13. The van der Waals surface area contributed by atoms with Gasteiger partial charge < -0.3 is 23.3 Å². The molecule has 54 heavy (non-hydrogen) atoms. The maximum atomic E-state index is 13.7. The van der Waals surface area contributed by atoms with E-state index in [9.17, 15) is 4.79 Å². The fraction of sp³-hybridized carbons (Fsp3) is 0.894. The number of carbonyl (C=O) groups is 1. The first-order valence-corrected chi connectivity index (χ1v) is 23.0. The van der Waals surface area contributed by atoms with Crippen LogP contribution in [0.4, 0.5) is 0 Å². The molecule has 0 spiro atoms. The van der Waals surface area contributed by atoms with E-state index in [4.69, 9.17) is 9.47 Å². The highest BCUT2D eigenvalue weighted by atomic mass is 16.5. The molecule has 0 radical (unpaired) electrons. The molecule has 6 aliphatic heterocycles. The van der Waals surface area contributed by atoms with Gasteiger partial charge in [0.15, 0.2) is 6.54 Å². The number of esters is 1. The molecular formula is C47H79N4O3+3. The van der Waals surface area contributed by atoms with Crippen LogP contribution in [-0.4, -0.2) is 124 Å². The van der Waals surface area contributed by atoms with Crippen molar-refractivity contribution in [1.29, 1.82) is 0 Å². The van der Waals surface area contributed by atoms with E-state index in [1.807, 2.05) is 0 Å².